The third-order valence-corrected chi connectivity index (χ3v) is 2.97. The van der Waals surface area contributed by atoms with Gasteiger partial charge in [0.25, 0.3) is 0 Å². The van der Waals surface area contributed by atoms with Crippen LogP contribution in [0.3, 0.4) is 0 Å². The zero-order valence-electron chi connectivity index (χ0n) is 8.98. The number of alkyl halides is 2. The van der Waals surface area contributed by atoms with Crippen molar-refractivity contribution < 1.29 is 13.5 Å². The molecule has 0 saturated carbocycles. The minimum atomic E-state index is -2.85. The van der Waals surface area contributed by atoms with E-state index in [0.717, 1.165) is 4.88 Å². The number of halogens is 2. The number of hydrogen-bond donors (Lipinski definition) is 1. The Morgan fingerprint density at radius 1 is 1.35 bits per heavy atom. The summed E-state index contributed by atoms with van der Waals surface area (Å²) in [6.07, 6.45) is 0. The van der Waals surface area contributed by atoms with Gasteiger partial charge in [-0.25, -0.2) is 4.98 Å². The number of aryl methyl sites for hydroxylation is 1. The number of benzene rings is 1. The highest BCUT2D eigenvalue weighted by Crippen LogP contribution is 2.35. The van der Waals surface area contributed by atoms with E-state index in [1.807, 2.05) is 6.92 Å². The van der Waals surface area contributed by atoms with E-state index in [0.29, 0.717) is 16.4 Å². The third-order valence-electron chi connectivity index (χ3n) is 2.17. The first-order valence-corrected chi connectivity index (χ1v) is 5.66. The van der Waals surface area contributed by atoms with Gasteiger partial charge < -0.3 is 10.5 Å². The summed E-state index contributed by atoms with van der Waals surface area (Å²) in [7, 11) is 0. The maximum atomic E-state index is 12.3. The molecule has 0 saturated heterocycles. The molecule has 17 heavy (non-hydrogen) atoms. The lowest BCUT2D eigenvalue weighted by molar-refractivity contribution is -0.0494. The highest BCUT2D eigenvalue weighted by Gasteiger charge is 2.15. The minimum Gasteiger partial charge on any atom is -0.434 e. The second kappa shape index (κ2) is 4.67. The summed E-state index contributed by atoms with van der Waals surface area (Å²) < 4.78 is 29.0. The van der Waals surface area contributed by atoms with E-state index >= 15 is 0 Å². The van der Waals surface area contributed by atoms with Crippen LogP contribution < -0.4 is 10.5 Å². The largest absolute Gasteiger partial charge is 0.434 e. The Morgan fingerprint density at radius 3 is 2.65 bits per heavy atom. The van der Waals surface area contributed by atoms with Crippen LogP contribution >= 0.6 is 11.3 Å². The second-order valence-electron chi connectivity index (χ2n) is 3.33. The fraction of sp³-hybridized carbons (Fsp3) is 0.182. The maximum Gasteiger partial charge on any atom is 0.387 e. The molecule has 0 atom stereocenters. The smallest absolute Gasteiger partial charge is 0.387 e. The normalized spacial score (nSPS) is 10.8. The van der Waals surface area contributed by atoms with Crippen LogP contribution in [-0.2, 0) is 0 Å². The van der Waals surface area contributed by atoms with Crippen molar-refractivity contribution in [2.75, 3.05) is 5.73 Å². The van der Waals surface area contributed by atoms with Crippen LogP contribution in [-0.4, -0.2) is 11.6 Å². The molecule has 1 aromatic heterocycles. The number of hydrogen-bond acceptors (Lipinski definition) is 4. The number of aromatic nitrogens is 1. The Hall–Kier alpha value is -1.69. The molecular weight excluding hydrogens is 246 g/mol. The summed E-state index contributed by atoms with van der Waals surface area (Å²) in [5.41, 5.74) is 6.70. The Morgan fingerprint density at radius 2 is 2.06 bits per heavy atom. The second-order valence-corrected chi connectivity index (χ2v) is 4.57. The molecule has 0 aliphatic carbocycles. The van der Waals surface area contributed by atoms with Gasteiger partial charge >= 0.3 is 6.61 Å². The first kappa shape index (κ1) is 11.8. The number of rotatable bonds is 3. The summed E-state index contributed by atoms with van der Waals surface area (Å²) in [5, 5.41) is 0.407. The zero-order valence-corrected chi connectivity index (χ0v) is 9.80. The Bertz CT molecular complexity index is 528. The van der Waals surface area contributed by atoms with Crippen molar-refractivity contribution >= 4 is 16.5 Å². The predicted octanol–water partition coefficient (Wildman–Crippen LogP) is 3.30. The van der Waals surface area contributed by atoms with E-state index in [9.17, 15) is 8.78 Å². The van der Waals surface area contributed by atoms with E-state index in [2.05, 4.69) is 9.72 Å². The van der Waals surface area contributed by atoms with Crippen LogP contribution in [0.4, 0.5) is 13.9 Å². The van der Waals surface area contributed by atoms with Crippen LogP contribution in [0.2, 0.25) is 0 Å². The molecule has 6 heteroatoms. The SMILES string of the molecule is Cc1sc(N)nc1-c1ccccc1OC(F)F. The van der Waals surface area contributed by atoms with Gasteiger partial charge in [0, 0.05) is 10.4 Å². The molecule has 0 aliphatic heterocycles. The summed E-state index contributed by atoms with van der Waals surface area (Å²) in [6, 6.07) is 6.53. The first-order chi connectivity index (χ1) is 8.08. The van der Waals surface area contributed by atoms with Crippen LogP contribution in [0.1, 0.15) is 4.88 Å². The van der Waals surface area contributed by atoms with Crippen LogP contribution in [0.15, 0.2) is 24.3 Å². The molecule has 1 aromatic carbocycles. The van der Waals surface area contributed by atoms with Gasteiger partial charge in [-0.3, -0.25) is 0 Å². The van der Waals surface area contributed by atoms with Crippen molar-refractivity contribution in [3.63, 3.8) is 0 Å². The Labute approximate surface area is 101 Å². The van der Waals surface area contributed by atoms with Crippen molar-refractivity contribution in [1.29, 1.82) is 0 Å². The molecular formula is C11H10F2N2OS. The van der Waals surface area contributed by atoms with Crippen molar-refractivity contribution in [1.82, 2.24) is 4.98 Å². The van der Waals surface area contributed by atoms with Gasteiger partial charge in [-0.05, 0) is 19.1 Å². The molecule has 0 aliphatic rings. The Balaban J connectivity index is 2.48. The van der Waals surface area contributed by atoms with Gasteiger partial charge in [0.2, 0.25) is 0 Å². The average Bonchev–Trinajstić information content (AvgIpc) is 2.58. The average molecular weight is 256 g/mol. The highest BCUT2D eigenvalue weighted by molar-refractivity contribution is 7.15. The molecule has 2 aromatic rings. The van der Waals surface area contributed by atoms with Gasteiger partial charge in [-0.15, -0.1) is 11.3 Å². The number of thiazole rings is 1. The van der Waals surface area contributed by atoms with Crippen LogP contribution in [0.5, 0.6) is 5.75 Å². The van der Waals surface area contributed by atoms with Crippen molar-refractivity contribution in [2.45, 2.75) is 13.5 Å². The lowest BCUT2D eigenvalue weighted by Crippen LogP contribution is -2.03. The van der Waals surface area contributed by atoms with E-state index in [1.54, 1.807) is 18.2 Å². The van der Waals surface area contributed by atoms with E-state index < -0.39 is 6.61 Å². The Kier molecular flexibility index (Phi) is 3.23. The molecule has 0 fully saturated rings. The number of nitrogen functional groups attached to an aromatic ring is 1. The summed E-state index contributed by atoms with van der Waals surface area (Å²) >= 11 is 1.32. The standard InChI is InChI=1S/C11H10F2N2OS/c1-6-9(15-11(14)17-6)7-4-2-3-5-8(7)16-10(12)13/h2-5,10H,1H3,(H2,14,15). The minimum absolute atomic E-state index is 0.107. The molecule has 0 amide bonds. The highest BCUT2D eigenvalue weighted by atomic mass is 32.1. The molecule has 0 unspecified atom stereocenters. The predicted molar refractivity (Wildman–Crippen MR) is 63.3 cm³/mol. The number of nitrogens with two attached hydrogens (primary N) is 1. The summed E-state index contributed by atoms with van der Waals surface area (Å²) in [4.78, 5) is 4.99. The zero-order chi connectivity index (χ0) is 12.4. The van der Waals surface area contributed by atoms with E-state index in [-0.39, 0.29) is 5.75 Å². The van der Waals surface area contributed by atoms with Crippen molar-refractivity contribution in [2.24, 2.45) is 0 Å². The third kappa shape index (κ3) is 2.52. The van der Waals surface area contributed by atoms with Gasteiger partial charge in [0.15, 0.2) is 5.13 Å². The number of nitrogens with zero attached hydrogens (tertiary/aromatic N) is 1. The molecule has 1 heterocycles. The lowest BCUT2D eigenvalue weighted by Gasteiger charge is -2.09. The maximum absolute atomic E-state index is 12.3. The van der Waals surface area contributed by atoms with Crippen LogP contribution in [0.25, 0.3) is 11.3 Å². The topological polar surface area (TPSA) is 48.1 Å². The molecule has 90 valence electrons. The molecule has 2 rings (SSSR count). The number of anilines is 1. The van der Waals surface area contributed by atoms with Gasteiger partial charge in [-0.1, -0.05) is 12.1 Å². The van der Waals surface area contributed by atoms with Crippen molar-refractivity contribution in [3.8, 4) is 17.0 Å². The van der Waals surface area contributed by atoms with Crippen LogP contribution in [0, 0.1) is 6.92 Å². The van der Waals surface area contributed by atoms with Gasteiger partial charge in [0.05, 0.1) is 5.69 Å². The fourth-order valence-corrected chi connectivity index (χ4v) is 2.23. The molecule has 0 spiro atoms. The molecule has 2 N–H and O–H groups in total. The number of ether oxygens (including phenoxy) is 1. The lowest BCUT2D eigenvalue weighted by atomic mass is 10.1. The monoisotopic (exact) mass is 256 g/mol. The molecule has 0 bridgehead atoms. The van der Waals surface area contributed by atoms with Crippen molar-refractivity contribution in [3.05, 3.63) is 29.1 Å². The molecule has 0 radical (unpaired) electrons. The summed E-state index contributed by atoms with van der Waals surface area (Å²) in [5.74, 6) is 0.107. The van der Waals surface area contributed by atoms with Gasteiger partial charge in [0.1, 0.15) is 5.75 Å². The van der Waals surface area contributed by atoms with Gasteiger partial charge in [-0.2, -0.15) is 8.78 Å². The summed E-state index contributed by atoms with van der Waals surface area (Å²) in [6.45, 7) is -1.02. The fourth-order valence-electron chi connectivity index (χ4n) is 1.53. The number of para-hydroxylation sites is 1. The van der Waals surface area contributed by atoms with E-state index in [1.165, 1.54) is 17.4 Å². The quantitative estimate of drug-likeness (QED) is 0.916. The molecule has 3 nitrogen and oxygen atoms in total. The first-order valence-electron chi connectivity index (χ1n) is 4.85. The van der Waals surface area contributed by atoms with E-state index in [4.69, 9.17) is 5.73 Å².